The van der Waals surface area contributed by atoms with Gasteiger partial charge in [-0.3, -0.25) is 0 Å². The maximum Gasteiger partial charge on any atom is 0.222 e. The van der Waals surface area contributed by atoms with Crippen molar-refractivity contribution in [1.82, 2.24) is 30.0 Å². The fourth-order valence-electron chi connectivity index (χ4n) is 2.22. The van der Waals surface area contributed by atoms with Gasteiger partial charge in [-0.25, -0.2) is 9.67 Å². The topological polar surface area (TPSA) is 73.8 Å². The molecule has 0 N–H and O–H groups in total. The molecule has 0 amide bonds. The van der Waals surface area contributed by atoms with Crippen molar-refractivity contribution in [3.63, 3.8) is 0 Å². The van der Waals surface area contributed by atoms with Crippen LogP contribution in [0.4, 0.5) is 0 Å². The van der Waals surface area contributed by atoms with Crippen LogP contribution < -0.4 is 0 Å². The summed E-state index contributed by atoms with van der Waals surface area (Å²) in [7, 11) is 0. The number of hydrogen-bond acceptors (Lipinski definition) is 5. The molecule has 108 valence electrons. The molecule has 7 nitrogen and oxygen atoms in total. The molecule has 2 heterocycles. The molecule has 0 aliphatic rings. The van der Waals surface area contributed by atoms with E-state index in [9.17, 15) is 0 Å². The predicted molar refractivity (Wildman–Crippen MR) is 83.7 cm³/mol. The molecule has 0 aliphatic heterocycles. The predicted octanol–water partition coefficient (Wildman–Crippen LogP) is 2.28. The van der Waals surface area contributed by atoms with E-state index in [0.29, 0.717) is 0 Å². The Morgan fingerprint density at radius 1 is 0.909 bits per heavy atom. The fraction of sp³-hybridized carbons (Fsp3) is 0.0714. The zero-order valence-corrected chi connectivity index (χ0v) is 12.1. The minimum absolute atomic E-state index is 0.230. The number of para-hydroxylation sites is 2. The van der Waals surface area contributed by atoms with E-state index in [-0.39, 0.29) is 12.0 Å². The fourth-order valence-corrected chi connectivity index (χ4v) is 2.40. The minimum Gasteiger partial charge on any atom is -0.232 e. The minimum atomic E-state index is 0.230. The highest BCUT2D eigenvalue weighted by molar-refractivity contribution is 6.65. The molecule has 0 aliphatic carbocycles. The van der Waals surface area contributed by atoms with E-state index in [1.807, 2.05) is 48.5 Å². The Hall–Kier alpha value is -2.80. The average molecular weight is 312 g/mol. The second kappa shape index (κ2) is 5.19. The molecule has 2 aromatic heterocycles. The molecule has 0 saturated carbocycles. The lowest BCUT2D eigenvalue weighted by Crippen LogP contribution is -2.09. The lowest BCUT2D eigenvalue weighted by atomic mass is 10.3. The van der Waals surface area contributed by atoms with Gasteiger partial charge in [0.25, 0.3) is 0 Å². The molecule has 0 fully saturated rings. The van der Waals surface area contributed by atoms with E-state index >= 15 is 0 Å². The van der Waals surface area contributed by atoms with Gasteiger partial charge in [0.1, 0.15) is 17.7 Å². The van der Waals surface area contributed by atoms with Gasteiger partial charge < -0.3 is 0 Å². The first-order valence-electron chi connectivity index (χ1n) is 6.62. The van der Waals surface area contributed by atoms with Crippen molar-refractivity contribution in [2.24, 2.45) is 4.99 Å². The standard InChI is InChI=1S/C14H10ClN7/c15-14(22-13-8-4-2-6-11(13)18-20-22)16-9-21-12-7-3-1-5-10(12)17-19-21/h1-8H,9H2/b16-14+. The van der Waals surface area contributed by atoms with Crippen LogP contribution in [-0.4, -0.2) is 35.3 Å². The van der Waals surface area contributed by atoms with Crippen molar-refractivity contribution in [2.45, 2.75) is 6.67 Å². The number of halogens is 1. The normalized spacial score (nSPS) is 12.3. The van der Waals surface area contributed by atoms with E-state index in [1.54, 1.807) is 4.68 Å². The zero-order chi connectivity index (χ0) is 14.9. The van der Waals surface area contributed by atoms with Crippen LogP contribution in [0.25, 0.3) is 22.1 Å². The number of aromatic nitrogens is 6. The summed E-state index contributed by atoms with van der Waals surface area (Å²) < 4.78 is 3.17. The van der Waals surface area contributed by atoms with Crippen LogP contribution in [0.1, 0.15) is 0 Å². The Bertz CT molecular complexity index is 985. The van der Waals surface area contributed by atoms with Gasteiger partial charge in [-0.05, 0) is 35.9 Å². The van der Waals surface area contributed by atoms with Crippen molar-refractivity contribution in [2.75, 3.05) is 0 Å². The van der Waals surface area contributed by atoms with Crippen molar-refractivity contribution < 1.29 is 0 Å². The molecule has 0 unspecified atom stereocenters. The van der Waals surface area contributed by atoms with Gasteiger partial charge in [-0.2, -0.15) is 4.68 Å². The Morgan fingerprint density at radius 2 is 1.55 bits per heavy atom. The Balaban J connectivity index is 1.68. The van der Waals surface area contributed by atoms with Gasteiger partial charge in [-0.15, -0.1) is 10.2 Å². The Morgan fingerprint density at radius 3 is 2.36 bits per heavy atom. The third kappa shape index (κ3) is 2.11. The third-order valence-electron chi connectivity index (χ3n) is 3.28. The van der Waals surface area contributed by atoms with Crippen LogP contribution in [0.2, 0.25) is 0 Å². The largest absolute Gasteiger partial charge is 0.232 e. The lowest BCUT2D eigenvalue weighted by Gasteiger charge is -2.00. The van der Waals surface area contributed by atoms with E-state index < -0.39 is 0 Å². The average Bonchev–Trinajstić information content (AvgIpc) is 3.17. The second-order valence-corrected chi connectivity index (χ2v) is 4.97. The molecule has 4 rings (SSSR count). The van der Waals surface area contributed by atoms with E-state index in [1.165, 1.54) is 4.68 Å². The smallest absolute Gasteiger partial charge is 0.222 e. The van der Waals surface area contributed by atoms with Crippen LogP contribution in [-0.2, 0) is 6.67 Å². The van der Waals surface area contributed by atoms with Crippen LogP contribution in [0.5, 0.6) is 0 Å². The van der Waals surface area contributed by atoms with E-state index in [0.717, 1.165) is 22.1 Å². The highest BCUT2D eigenvalue weighted by Crippen LogP contribution is 2.12. The highest BCUT2D eigenvalue weighted by atomic mass is 35.5. The van der Waals surface area contributed by atoms with Crippen LogP contribution in [0.15, 0.2) is 53.5 Å². The summed E-state index contributed by atoms with van der Waals surface area (Å²) in [4.78, 5) is 4.31. The van der Waals surface area contributed by atoms with Gasteiger partial charge in [0.2, 0.25) is 5.29 Å². The van der Waals surface area contributed by atoms with Gasteiger partial charge in [0.15, 0.2) is 0 Å². The first kappa shape index (κ1) is 12.9. The summed E-state index contributed by atoms with van der Waals surface area (Å²) in [5.74, 6) is 0. The molecule has 0 saturated heterocycles. The van der Waals surface area contributed by atoms with Crippen molar-refractivity contribution >= 4 is 39.0 Å². The highest BCUT2D eigenvalue weighted by Gasteiger charge is 2.08. The number of fused-ring (bicyclic) bond motifs is 2. The van der Waals surface area contributed by atoms with Gasteiger partial charge in [0, 0.05) is 0 Å². The molecular formula is C14H10ClN7. The van der Waals surface area contributed by atoms with Gasteiger partial charge >= 0.3 is 0 Å². The zero-order valence-electron chi connectivity index (χ0n) is 11.3. The number of benzene rings is 2. The van der Waals surface area contributed by atoms with Gasteiger partial charge in [-0.1, -0.05) is 34.7 Å². The van der Waals surface area contributed by atoms with Crippen molar-refractivity contribution in [3.05, 3.63) is 48.5 Å². The van der Waals surface area contributed by atoms with Crippen LogP contribution >= 0.6 is 11.6 Å². The summed E-state index contributed by atoms with van der Waals surface area (Å²) in [6, 6.07) is 15.2. The SMILES string of the molecule is Cl/C(=N\Cn1nnc2ccccc21)n1nnc2ccccc21. The van der Waals surface area contributed by atoms with Crippen molar-refractivity contribution in [1.29, 1.82) is 0 Å². The molecule has 0 atom stereocenters. The number of hydrogen-bond donors (Lipinski definition) is 0. The molecule has 0 bridgehead atoms. The first-order chi connectivity index (χ1) is 10.8. The molecule has 8 heteroatoms. The maximum absolute atomic E-state index is 6.24. The van der Waals surface area contributed by atoms with Crippen LogP contribution in [0.3, 0.4) is 0 Å². The Kier molecular flexibility index (Phi) is 3.05. The summed E-state index contributed by atoms with van der Waals surface area (Å²) in [6.07, 6.45) is 0. The van der Waals surface area contributed by atoms with E-state index in [2.05, 4.69) is 25.6 Å². The first-order valence-corrected chi connectivity index (χ1v) is 7.00. The molecule has 0 radical (unpaired) electrons. The molecule has 2 aromatic carbocycles. The molecular weight excluding hydrogens is 302 g/mol. The summed E-state index contributed by atoms with van der Waals surface area (Å²) in [5, 5.41) is 16.4. The van der Waals surface area contributed by atoms with E-state index in [4.69, 9.17) is 11.6 Å². The molecule has 0 spiro atoms. The molecule has 4 aromatic rings. The quantitative estimate of drug-likeness (QED) is 0.420. The number of nitrogens with zero attached hydrogens (tertiary/aromatic N) is 7. The van der Waals surface area contributed by atoms with Gasteiger partial charge in [0.05, 0.1) is 11.0 Å². The Labute approximate surface area is 129 Å². The second-order valence-electron chi connectivity index (χ2n) is 4.64. The summed E-state index contributed by atoms with van der Waals surface area (Å²) >= 11 is 6.24. The molecule has 22 heavy (non-hydrogen) atoms. The monoisotopic (exact) mass is 311 g/mol. The summed E-state index contributed by atoms with van der Waals surface area (Å²) in [5.41, 5.74) is 3.29. The lowest BCUT2D eigenvalue weighted by molar-refractivity contribution is 0.627. The summed E-state index contributed by atoms with van der Waals surface area (Å²) in [6.45, 7) is 0.257. The number of aliphatic imine (C=N–C) groups is 1. The van der Waals surface area contributed by atoms with Crippen molar-refractivity contribution in [3.8, 4) is 0 Å². The van der Waals surface area contributed by atoms with Crippen LogP contribution in [0, 0.1) is 0 Å². The number of rotatable bonds is 2. The maximum atomic E-state index is 6.24. The third-order valence-corrected chi connectivity index (χ3v) is 3.56.